The molecule has 4 nitrogen and oxygen atoms in total. The van der Waals surface area contributed by atoms with Crippen LogP contribution in [-0.4, -0.2) is 24.2 Å². The van der Waals surface area contributed by atoms with E-state index in [0.717, 1.165) is 25.9 Å². The van der Waals surface area contributed by atoms with Gasteiger partial charge >= 0.3 is 0 Å². The van der Waals surface area contributed by atoms with Crippen LogP contribution in [0.1, 0.15) is 12.8 Å². The Morgan fingerprint density at radius 2 is 2.50 bits per heavy atom. The molecule has 1 aliphatic rings. The van der Waals surface area contributed by atoms with Crippen LogP contribution in [0.4, 0.5) is 5.69 Å². The molecule has 2 heterocycles. The van der Waals surface area contributed by atoms with Crippen molar-refractivity contribution in [3.63, 3.8) is 0 Å². The molecule has 1 aliphatic heterocycles. The Balaban J connectivity index is 1.99. The molecule has 0 aliphatic carbocycles. The molecule has 0 bridgehead atoms. The summed E-state index contributed by atoms with van der Waals surface area (Å²) in [6.45, 7) is 1.97. The number of nitrogens with zero attached hydrogens (tertiary/aromatic N) is 1. The lowest BCUT2D eigenvalue weighted by atomic mass is 10.1. The second-order valence-electron chi connectivity index (χ2n) is 3.48. The maximum atomic E-state index is 5.73. The normalized spacial score (nSPS) is 21.9. The second kappa shape index (κ2) is 4.28. The summed E-state index contributed by atoms with van der Waals surface area (Å²) in [5.41, 5.74) is 6.34. The molecule has 0 saturated carbocycles. The molecule has 0 spiro atoms. The predicted molar refractivity (Wildman–Crippen MR) is 55.2 cm³/mol. The van der Waals surface area contributed by atoms with Crippen LogP contribution in [0.15, 0.2) is 18.3 Å². The van der Waals surface area contributed by atoms with Gasteiger partial charge in [0.05, 0.1) is 5.69 Å². The average Bonchev–Trinajstić information content (AvgIpc) is 2.23. The topological polar surface area (TPSA) is 60.2 Å². The number of pyridine rings is 1. The summed E-state index contributed by atoms with van der Waals surface area (Å²) in [4.78, 5) is 4.10. The number of aromatic nitrogens is 1. The molecule has 1 saturated heterocycles. The predicted octanol–water partition coefficient (Wildman–Crippen LogP) is 0.795. The number of rotatable bonds is 2. The maximum Gasteiger partial charge on any atom is 0.237 e. The van der Waals surface area contributed by atoms with Crippen molar-refractivity contribution >= 4 is 5.69 Å². The molecule has 0 amide bonds. The molecule has 76 valence electrons. The van der Waals surface area contributed by atoms with Gasteiger partial charge in [0.1, 0.15) is 6.10 Å². The first kappa shape index (κ1) is 9.27. The van der Waals surface area contributed by atoms with Crippen LogP contribution in [0, 0.1) is 0 Å². The highest BCUT2D eigenvalue weighted by Crippen LogP contribution is 2.19. The highest BCUT2D eigenvalue weighted by molar-refractivity contribution is 5.46. The quantitative estimate of drug-likeness (QED) is 0.729. The van der Waals surface area contributed by atoms with Gasteiger partial charge in [0.15, 0.2) is 0 Å². The van der Waals surface area contributed by atoms with E-state index in [4.69, 9.17) is 10.5 Å². The minimum Gasteiger partial charge on any atom is -0.472 e. The molecule has 14 heavy (non-hydrogen) atoms. The van der Waals surface area contributed by atoms with Gasteiger partial charge in [0.25, 0.3) is 0 Å². The zero-order chi connectivity index (χ0) is 9.80. The van der Waals surface area contributed by atoms with Crippen LogP contribution >= 0.6 is 0 Å². The Morgan fingerprint density at radius 1 is 1.57 bits per heavy atom. The van der Waals surface area contributed by atoms with Gasteiger partial charge < -0.3 is 15.8 Å². The number of anilines is 1. The van der Waals surface area contributed by atoms with Crippen LogP contribution in [-0.2, 0) is 0 Å². The largest absolute Gasteiger partial charge is 0.472 e. The van der Waals surface area contributed by atoms with Crippen LogP contribution in [0.5, 0.6) is 5.88 Å². The maximum absolute atomic E-state index is 5.73. The average molecular weight is 193 g/mol. The van der Waals surface area contributed by atoms with Gasteiger partial charge in [0.2, 0.25) is 5.88 Å². The van der Waals surface area contributed by atoms with E-state index in [1.54, 1.807) is 18.3 Å². The SMILES string of the molecule is Nc1cccnc1O[C@H]1CCCNC1. The molecule has 0 aromatic carbocycles. The van der Waals surface area contributed by atoms with Gasteiger partial charge in [0, 0.05) is 12.7 Å². The van der Waals surface area contributed by atoms with E-state index in [1.165, 1.54) is 0 Å². The number of hydrogen-bond donors (Lipinski definition) is 2. The molecule has 2 rings (SSSR count). The van der Waals surface area contributed by atoms with E-state index in [0.29, 0.717) is 11.6 Å². The molecule has 0 radical (unpaired) electrons. The standard InChI is InChI=1S/C10H15N3O/c11-9-4-2-6-13-10(9)14-8-3-1-5-12-7-8/h2,4,6,8,12H,1,3,5,7,11H2/t8-/m0/s1. The second-order valence-corrected chi connectivity index (χ2v) is 3.48. The van der Waals surface area contributed by atoms with Crippen LogP contribution in [0.25, 0.3) is 0 Å². The molecule has 1 aromatic rings. The Hall–Kier alpha value is -1.29. The Labute approximate surface area is 83.5 Å². The van der Waals surface area contributed by atoms with E-state index >= 15 is 0 Å². The Morgan fingerprint density at radius 3 is 3.21 bits per heavy atom. The zero-order valence-corrected chi connectivity index (χ0v) is 8.07. The summed E-state index contributed by atoms with van der Waals surface area (Å²) in [6.07, 6.45) is 4.13. The van der Waals surface area contributed by atoms with Crippen molar-refractivity contribution in [2.75, 3.05) is 18.8 Å². The first-order chi connectivity index (χ1) is 6.86. The third-order valence-electron chi connectivity index (χ3n) is 2.33. The fraction of sp³-hybridized carbons (Fsp3) is 0.500. The molecule has 1 fully saturated rings. The highest BCUT2D eigenvalue weighted by Gasteiger charge is 2.15. The summed E-state index contributed by atoms with van der Waals surface area (Å²) in [7, 11) is 0. The molecule has 3 N–H and O–H groups in total. The lowest BCUT2D eigenvalue weighted by Gasteiger charge is -2.23. The minimum absolute atomic E-state index is 0.209. The summed E-state index contributed by atoms with van der Waals surface area (Å²) < 4.78 is 5.69. The Kier molecular flexibility index (Phi) is 2.84. The zero-order valence-electron chi connectivity index (χ0n) is 8.07. The molecule has 1 atom stereocenters. The van der Waals surface area contributed by atoms with Crippen molar-refractivity contribution in [3.8, 4) is 5.88 Å². The smallest absolute Gasteiger partial charge is 0.237 e. The first-order valence-corrected chi connectivity index (χ1v) is 4.94. The third-order valence-corrected chi connectivity index (χ3v) is 2.33. The van der Waals surface area contributed by atoms with Crippen molar-refractivity contribution in [1.82, 2.24) is 10.3 Å². The van der Waals surface area contributed by atoms with E-state index in [-0.39, 0.29) is 6.10 Å². The van der Waals surface area contributed by atoms with E-state index in [2.05, 4.69) is 10.3 Å². The Bertz CT molecular complexity index is 297. The first-order valence-electron chi connectivity index (χ1n) is 4.94. The molecule has 0 unspecified atom stereocenters. The van der Waals surface area contributed by atoms with Gasteiger partial charge in [-0.05, 0) is 31.5 Å². The number of ether oxygens (including phenoxy) is 1. The number of piperidine rings is 1. The number of hydrogen-bond acceptors (Lipinski definition) is 4. The lowest BCUT2D eigenvalue weighted by Crippen LogP contribution is -2.37. The summed E-state index contributed by atoms with van der Waals surface area (Å²) in [5, 5.41) is 3.28. The lowest BCUT2D eigenvalue weighted by molar-refractivity contribution is 0.161. The summed E-state index contributed by atoms with van der Waals surface area (Å²) >= 11 is 0. The van der Waals surface area contributed by atoms with Crippen molar-refractivity contribution in [2.45, 2.75) is 18.9 Å². The third kappa shape index (κ3) is 2.14. The summed E-state index contributed by atoms with van der Waals surface area (Å²) in [6, 6.07) is 3.61. The van der Waals surface area contributed by atoms with E-state index < -0.39 is 0 Å². The van der Waals surface area contributed by atoms with Crippen molar-refractivity contribution in [2.24, 2.45) is 0 Å². The minimum atomic E-state index is 0.209. The van der Waals surface area contributed by atoms with E-state index in [9.17, 15) is 0 Å². The molecule has 1 aromatic heterocycles. The van der Waals surface area contributed by atoms with Crippen molar-refractivity contribution < 1.29 is 4.74 Å². The summed E-state index contributed by atoms with van der Waals surface area (Å²) in [5.74, 6) is 0.557. The molecular formula is C10H15N3O. The van der Waals surface area contributed by atoms with Crippen molar-refractivity contribution in [1.29, 1.82) is 0 Å². The number of nitrogen functional groups attached to an aromatic ring is 1. The van der Waals surface area contributed by atoms with Gasteiger partial charge in [-0.15, -0.1) is 0 Å². The highest BCUT2D eigenvalue weighted by atomic mass is 16.5. The van der Waals surface area contributed by atoms with Crippen LogP contribution < -0.4 is 15.8 Å². The molecule has 4 heteroatoms. The monoisotopic (exact) mass is 193 g/mol. The van der Waals surface area contributed by atoms with Gasteiger partial charge in [-0.1, -0.05) is 0 Å². The fourth-order valence-corrected chi connectivity index (χ4v) is 1.58. The number of nitrogens with two attached hydrogens (primary N) is 1. The molecular weight excluding hydrogens is 178 g/mol. The van der Waals surface area contributed by atoms with E-state index in [1.807, 2.05) is 0 Å². The van der Waals surface area contributed by atoms with Gasteiger partial charge in [-0.25, -0.2) is 4.98 Å². The van der Waals surface area contributed by atoms with Crippen LogP contribution in [0.2, 0.25) is 0 Å². The van der Waals surface area contributed by atoms with Crippen molar-refractivity contribution in [3.05, 3.63) is 18.3 Å². The number of nitrogens with one attached hydrogen (secondary N) is 1. The van der Waals surface area contributed by atoms with Gasteiger partial charge in [-0.2, -0.15) is 0 Å². The fourth-order valence-electron chi connectivity index (χ4n) is 1.58. The van der Waals surface area contributed by atoms with Crippen LogP contribution in [0.3, 0.4) is 0 Å². The van der Waals surface area contributed by atoms with Gasteiger partial charge in [-0.3, -0.25) is 0 Å².